The monoisotopic (exact) mass is 221 g/mol. The first-order valence-corrected chi connectivity index (χ1v) is 7.09. The zero-order valence-corrected chi connectivity index (χ0v) is 10.1. The highest BCUT2D eigenvalue weighted by Crippen LogP contribution is 2.41. The van der Waals surface area contributed by atoms with Gasteiger partial charge in [0, 0.05) is 11.8 Å². The Morgan fingerprint density at radius 3 is 2.12 bits per heavy atom. The smallest absolute Gasteiger partial charge is 0.139 e. The van der Waals surface area contributed by atoms with Crippen molar-refractivity contribution in [3.8, 4) is 0 Å². The van der Waals surface area contributed by atoms with Gasteiger partial charge >= 0.3 is 0 Å². The minimum atomic E-state index is 0.431. The Morgan fingerprint density at radius 2 is 1.50 bits per heavy atom. The molecule has 3 fully saturated rings. The third-order valence-electron chi connectivity index (χ3n) is 5.06. The summed E-state index contributed by atoms with van der Waals surface area (Å²) < 4.78 is 0. The highest BCUT2D eigenvalue weighted by molar-refractivity contribution is 5.83. The summed E-state index contributed by atoms with van der Waals surface area (Å²) in [5, 5.41) is 3.45. The summed E-state index contributed by atoms with van der Waals surface area (Å²) in [5.41, 5.74) is 0. The minimum absolute atomic E-state index is 0.431. The van der Waals surface area contributed by atoms with Crippen LogP contribution >= 0.6 is 0 Å². The molecule has 1 heterocycles. The van der Waals surface area contributed by atoms with Crippen molar-refractivity contribution in [2.75, 3.05) is 13.1 Å². The molecular formula is C14H23NO. The van der Waals surface area contributed by atoms with Gasteiger partial charge in [0.05, 0.1) is 0 Å². The quantitative estimate of drug-likeness (QED) is 0.775. The van der Waals surface area contributed by atoms with Crippen molar-refractivity contribution >= 4 is 5.78 Å². The van der Waals surface area contributed by atoms with Crippen LogP contribution in [0.3, 0.4) is 0 Å². The van der Waals surface area contributed by atoms with Crippen LogP contribution in [0, 0.1) is 23.7 Å². The Kier molecular flexibility index (Phi) is 3.01. The standard InChI is InChI=1S/C14H23NO/c16-14(10-4-2-1-3-5-10)11-6-12-8-15-9-13(12)7-11/h10-13,15H,1-9H2/t11?,12-,13+. The van der Waals surface area contributed by atoms with E-state index in [1.165, 1.54) is 58.0 Å². The SMILES string of the molecule is O=C(C1CCCCC1)C1C[C@H]2CNC[C@H]2C1. The first-order chi connectivity index (χ1) is 7.84. The van der Waals surface area contributed by atoms with Crippen LogP contribution in [0.5, 0.6) is 0 Å². The predicted octanol–water partition coefficient (Wildman–Crippen LogP) is 2.38. The normalized spacial score (nSPS) is 39.9. The number of ketones is 1. The fourth-order valence-electron chi connectivity index (χ4n) is 4.12. The van der Waals surface area contributed by atoms with Crippen LogP contribution in [0.1, 0.15) is 44.9 Å². The second kappa shape index (κ2) is 4.48. The summed E-state index contributed by atoms with van der Waals surface area (Å²) >= 11 is 0. The van der Waals surface area contributed by atoms with E-state index in [9.17, 15) is 4.79 Å². The van der Waals surface area contributed by atoms with Gasteiger partial charge in [-0.05, 0) is 50.6 Å². The van der Waals surface area contributed by atoms with Crippen LogP contribution in [0.15, 0.2) is 0 Å². The van der Waals surface area contributed by atoms with Crippen molar-refractivity contribution in [2.24, 2.45) is 23.7 Å². The zero-order valence-electron chi connectivity index (χ0n) is 10.1. The minimum Gasteiger partial charge on any atom is -0.316 e. The summed E-state index contributed by atoms with van der Waals surface area (Å²) in [7, 11) is 0. The predicted molar refractivity (Wildman–Crippen MR) is 64.2 cm³/mol. The molecule has 1 saturated heterocycles. The van der Waals surface area contributed by atoms with Gasteiger partial charge in [0.25, 0.3) is 0 Å². The Balaban J connectivity index is 1.59. The average molecular weight is 221 g/mol. The van der Waals surface area contributed by atoms with Gasteiger partial charge in [0.2, 0.25) is 0 Å². The Labute approximate surface area is 98.2 Å². The maximum absolute atomic E-state index is 12.4. The molecule has 2 heteroatoms. The maximum atomic E-state index is 12.4. The summed E-state index contributed by atoms with van der Waals surface area (Å²) in [6.07, 6.45) is 8.67. The lowest BCUT2D eigenvalue weighted by Gasteiger charge is -2.23. The molecule has 3 aliphatic rings. The first-order valence-electron chi connectivity index (χ1n) is 7.09. The molecule has 2 saturated carbocycles. The zero-order chi connectivity index (χ0) is 11.0. The van der Waals surface area contributed by atoms with Crippen LogP contribution in [0.25, 0.3) is 0 Å². The highest BCUT2D eigenvalue weighted by atomic mass is 16.1. The summed E-state index contributed by atoms with van der Waals surface area (Å²) in [6.45, 7) is 2.33. The second-order valence-corrected chi connectivity index (χ2v) is 6.08. The lowest BCUT2D eigenvalue weighted by molar-refractivity contribution is -0.127. The van der Waals surface area contributed by atoms with E-state index in [4.69, 9.17) is 0 Å². The van der Waals surface area contributed by atoms with E-state index < -0.39 is 0 Å². The lowest BCUT2D eigenvalue weighted by Crippen LogP contribution is -2.25. The molecule has 0 aromatic heterocycles. The van der Waals surface area contributed by atoms with Gasteiger partial charge < -0.3 is 5.32 Å². The maximum Gasteiger partial charge on any atom is 0.139 e. The summed E-state index contributed by atoms with van der Waals surface area (Å²) in [4.78, 5) is 12.4. The lowest BCUT2D eigenvalue weighted by atomic mass is 9.81. The number of carbonyl (C=O) groups excluding carboxylic acids is 1. The van der Waals surface area contributed by atoms with Crippen LogP contribution in [0.4, 0.5) is 0 Å². The fraction of sp³-hybridized carbons (Fsp3) is 0.929. The summed E-state index contributed by atoms with van der Waals surface area (Å²) in [6, 6.07) is 0. The fourth-order valence-corrected chi connectivity index (χ4v) is 4.12. The number of hydrogen-bond donors (Lipinski definition) is 1. The van der Waals surface area contributed by atoms with E-state index >= 15 is 0 Å². The molecule has 0 radical (unpaired) electrons. The van der Waals surface area contributed by atoms with Crippen molar-refractivity contribution in [3.05, 3.63) is 0 Å². The molecule has 0 bridgehead atoms. The third-order valence-corrected chi connectivity index (χ3v) is 5.06. The Morgan fingerprint density at radius 1 is 0.875 bits per heavy atom. The van der Waals surface area contributed by atoms with Crippen molar-refractivity contribution in [2.45, 2.75) is 44.9 Å². The molecular weight excluding hydrogens is 198 g/mol. The number of fused-ring (bicyclic) bond motifs is 1. The van der Waals surface area contributed by atoms with E-state index in [0.29, 0.717) is 17.6 Å². The van der Waals surface area contributed by atoms with Gasteiger partial charge in [-0.2, -0.15) is 0 Å². The van der Waals surface area contributed by atoms with Gasteiger partial charge in [0.1, 0.15) is 5.78 Å². The molecule has 0 amide bonds. The topological polar surface area (TPSA) is 29.1 Å². The van der Waals surface area contributed by atoms with Crippen molar-refractivity contribution in [1.29, 1.82) is 0 Å². The van der Waals surface area contributed by atoms with Crippen molar-refractivity contribution in [1.82, 2.24) is 5.32 Å². The molecule has 0 aromatic carbocycles. The van der Waals surface area contributed by atoms with Crippen LogP contribution in [-0.4, -0.2) is 18.9 Å². The molecule has 16 heavy (non-hydrogen) atoms. The number of nitrogens with one attached hydrogen (secondary N) is 1. The molecule has 1 N–H and O–H groups in total. The number of carbonyl (C=O) groups is 1. The number of Topliss-reactive ketones (excluding diaryl/α,β-unsaturated/α-hetero) is 1. The van der Waals surface area contributed by atoms with E-state index in [-0.39, 0.29) is 0 Å². The van der Waals surface area contributed by atoms with E-state index in [1.54, 1.807) is 0 Å². The molecule has 2 aliphatic carbocycles. The van der Waals surface area contributed by atoms with E-state index in [0.717, 1.165) is 11.8 Å². The first kappa shape index (κ1) is 10.8. The van der Waals surface area contributed by atoms with Gasteiger partial charge in [-0.15, -0.1) is 0 Å². The molecule has 3 atom stereocenters. The Bertz CT molecular complexity index is 258. The summed E-state index contributed by atoms with van der Waals surface area (Å²) in [5.74, 6) is 3.13. The van der Waals surface area contributed by atoms with E-state index in [2.05, 4.69) is 5.32 Å². The van der Waals surface area contributed by atoms with Gasteiger partial charge in [-0.3, -0.25) is 4.79 Å². The van der Waals surface area contributed by atoms with Gasteiger partial charge in [-0.25, -0.2) is 0 Å². The van der Waals surface area contributed by atoms with Crippen molar-refractivity contribution < 1.29 is 4.79 Å². The van der Waals surface area contributed by atoms with Gasteiger partial charge in [-0.1, -0.05) is 19.3 Å². The number of rotatable bonds is 2. The van der Waals surface area contributed by atoms with Crippen LogP contribution in [-0.2, 0) is 4.79 Å². The number of hydrogen-bond acceptors (Lipinski definition) is 2. The third kappa shape index (κ3) is 1.92. The molecule has 3 rings (SSSR count). The largest absolute Gasteiger partial charge is 0.316 e. The van der Waals surface area contributed by atoms with Crippen LogP contribution < -0.4 is 5.32 Å². The molecule has 0 spiro atoms. The van der Waals surface area contributed by atoms with Crippen molar-refractivity contribution in [3.63, 3.8) is 0 Å². The molecule has 1 aliphatic heterocycles. The molecule has 2 nitrogen and oxygen atoms in total. The average Bonchev–Trinajstić information content (AvgIpc) is 2.89. The van der Waals surface area contributed by atoms with Crippen LogP contribution in [0.2, 0.25) is 0 Å². The molecule has 0 aromatic rings. The Hall–Kier alpha value is -0.370. The highest BCUT2D eigenvalue weighted by Gasteiger charge is 2.41. The van der Waals surface area contributed by atoms with E-state index in [1.807, 2.05) is 0 Å². The molecule has 1 unspecified atom stereocenters. The second-order valence-electron chi connectivity index (χ2n) is 6.08. The van der Waals surface area contributed by atoms with Gasteiger partial charge in [0.15, 0.2) is 0 Å². The molecule has 90 valence electrons.